The molecule has 1 aromatic rings. The predicted octanol–water partition coefficient (Wildman–Crippen LogP) is 0.602. The van der Waals surface area contributed by atoms with Crippen molar-refractivity contribution in [3.05, 3.63) is 28.8 Å². The van der Waals surface area contributed by atoms with Crippen LogP contribution in [0.3, 0.4) is 0 Å². The Morgan fingerprint density at radius 3 is 2.25 bits per heavy atom. The van der Waals surface area contributed by atoms with Crippen LogP contribution in [0, 0.1) is 29.6 Å². The second-order valence-electron chi connectivity index (χ2n) is 3.12. The second kappa shape index (κ2) is 4.81. The summed E-state index contributed by atoms with van der Waals surface area (Å²) in [6, 6.07) is 6.84. The molecule has 0 radical (unpaired) electrons. The van der Waals surface area contributed by atoms with E-state index in [-0.39, 0.29) is 12.4 Å². The molecule has 0 spiro atoms. The molecule has 2 N–H and O–H groups in total. The highest BCUT2D eigenvalue weighted by molar-refractivity contribution is 5.75. The van der Waals surface area contributed by atoms with Crippen molar-refractivity contribution < 1.29 is 9.53 Å². The Kier molecular flexibility index (Phi) is 3.47. The Labute approximate surface area is 92.7 Å². The zero-order chi connectivity index (χ0) is 12.1. The van der Waals surface area contributed by atoms with Crippen LogP contribution >= 0.6 is 0 Å². The van der Waals surface area contributed by atoms with Crippen molar-refractivity contribution in [2.75, 3.05) is 6.61 Å². The van der Waals surface area contributed by atoms with E-state index in [1.54, 1.807) is 6.92 Å². The van der Waals surface area contributed by atoms with Gasteiger partial charge >= 0.3 is 0 Å². The van der Waals surface area contributed by atoms with E-state index >= 15 is 0 Å². The predicted molar refractivity (Wildman–Crippen MR) is 55.3 cm³/mol. The standard InChI is InChI=1S/C11H9N3O2/c1-7-8(4-12)2-10(3-9(7)5-13)16-6-11(14)15/h2-3H,6H2,1H3,(H2,14,15). The van der Waals surface area contributed by atoms with Crippen LogP contribution in [-0.4, -0.2) is 12.5 Å². The fourth-order valence-corrected chi connectivity index (χ4v) is 1.16. The van der Waals surface area contributed by atoms with E-state index in [9.17, 15) is 4.79 Å². The molecule has 5 heteroatoms. The van der Waals surface area contributed by atoms with Gasteiger partial charge in [-0.05, 0) is 24.6 Å². The minimum absolute atomic E-state index is 0.279. The molecule has 5 nitrogen and oxygen atoms in total. The molecule has 0 heterocycles. The first-order valence-electron chi connectivity index (χ1n) is 4.44. The first-order valence-corrected chi connectivity index (χ1v) is 4.44. The molecular formula is C11H9N3O2. The molecule has 0 aliphatic rings. The summed E-state index contributed by atoms with van der Waals surface area (Å²) in [5.41, 5.74) is 6.20. The van der Waals surface area contributed by atoms with Gasteiger partial charge in [-0.25, -0.2) is 0 Å². The maximum absolute atomic E-state index is 10.5. The highest BCUT2D eigenvalue weighted by atomic mass is 16.5. The third-order valence-electron chi connectivity index (χ3n) is 2.00. The van der Waals surface area contributed by atoms with Crippen molar-refractivity contribution >= 4 is 5.91 Å². The van der Waals surface area contributed by atoms with Crippen LogP contribution in [0.2, 0.25) is 0 Å². The lowest BCUT2D eigenvalue weighted by Crippen LogP contribution is -2.20. The Hall–Kier alpha value is -2.53. The summed E-state index contributed by atoms with van der Waals surface area (Å²) in [5.74, 6) is -0.324. The van der Waals surface area contributed by atoms with Crippen molar-refractivity contribution in [3.63, 3.8) is 0 Å². The number of benzene rings is 1. The van der Waals surface area contributed by atoms with Gasteiger partial charge in [0.15, 0.2) is 6.61 Å². The van der Waals surface area contributed by atoms with E-state index in [1.807, 2.05) is 12.1 Å². The molecular weight excluding hydrogens is 206 g/mol. The first kappa shape index (κ1) is 11.5. The molecule has 80 valence electrons. The van der Waals surface area contributed by atoms with Gasteiger partial charge < -0.3 is 10.5 Å². The monoisotopic (exact) mass is 215 g/mol. The van der Waals surface area contributed by atoms with Gasteiger partial charge in [-0.3, -0.25) is 4.79 Å². The van der Waals surface area contributed by atoms with Gasteiger partial charge in [0.25, 0.3) is 5.91 Å². The molecule has 1 amide bonds. The lowest BCUT2D eigenvalue weighted by molar-refractivity contribution is -0.119. The summed E-state index contributed by atoms with van der Waals surface area (Å²) in [7, 11) is 0. The minimum Gasteiger partial charge on any atom is -0.484 e. The Bertz CT molecular complexity index is 474. The number of nitrogens with two attached hydrogens (primary N) is 1. The summed E-state index contributed by atoms with van der Waals surface area (Å²) in [4.78, 5) is 10.5. The molecule has 0 aliphatic heterocycles. The lowest BCUT2D eigenvalue weighted by Gasteiger charge is -2.06. The number of amides is 1. The van der Waals surface area contributed by atoms with Crippen molar-refractivity contribution in [2.45, 2.75) is 6.92 Å². The van der Waals surface area contributed by atoms with Crippen LogP contribution in [0.1, 0.15) is 16.7 Å². The normalized spacial score (nSPS) is 8.94. The topological polar surface area (TPSA) is 99.9 Å². The number of hydrogen-bond donors (Lipinski definition) is 1. The third kappa shape index (κ3) is 2.49. The summed E-state index contributed by atoms with van der Waals surface area (Å²) >= 11 is 0. The van der Waals surface area contributed by atoms with Gasteiger partial charge in [0.2, 0.25) is 0 Å². The summed E-state index contributed by atoms with van der Waals surface area (Å²) < 4.78 is 5.03. The van der Waals surface area contributed by atoms with Crippen LogP contribution in [0.25, 0.3) is 0 Å². The number of primary amides is 1. The Morgan fingerprint density at radius 1 is 1.38 bits per heavy atom. The van der Waals surface area contributed by atoms with Crippen molar-refractivity contribution in [3.8, 4) is 17.9 Å². The van der Waals surface area contributed by atoms with Crippen LogP contribution in [0.5, 0.6) is 5.75 Å². The van der Waals surface area contributed by atoms with Crippen LogP contribution in [-0.2, 0) is 4.79 Å². The van der Waals surface area contributed by atoms with Gasteiger partial charge in [0.1, 0.15) is 5.75 Å². The molecule has 0 saturated carbocycles. The number of hydrogen-bond acceptors (Lipinski definition) is 4. The number of ether oxygens (including phenoxy) is 1. The molecule has 0 unspecified atom stereocenters. The second-order valence-corrected chi connectivity index (χ2v) is 3.12. The van der Waals surface area contributed by atoms with Crippen molar-refractivity contribution in [1.82, 2.24) is 0 Å². The number of carbonyl (C=O) groups excluding carboxylic acids is 1. The van der Waals surface area contributed by atoms with Crippen LogP contribution in [0.15, 0.2) is 12.1 Å². The SMILES string of the molecule is Cc1c(C#N)cc(OCC(N)=O)cc1C#N. The van der Waals surface area contributed by atoms with Crippen LogP contribution < -0.4 is 10.5 Å². The molecule has 1 aromatic carbocycles. The van der Waals surface area contributed by atoms with E-state index in [0.29, 0.717) is 16.7 Å². The van der Waals surface area contributed by atoms with E-state index in [4.69, 9.17) is 21.0 Å². The summed E-state index contributed by atoms with van der Waals surface area (Å²) in [6.07, 6.45) is 0. The highest BCUT2D eigenvalue weighted by Gasteiger charge is 2.08. The van der Waals surface area contributed by atoms with Gasteiger partial charge in [-0.15, -0.1) is 0 Å². The van der Waals surface area contributed by atoms with Crippen LogP contribution in [0.4, 0.5) is 0 Å². The molecule has 0 aromatic heterocycles. The summed E-state index contributed by atoms with van der Waals surface area (Å²) in [6.45, 7) is 1.40. The quantitative estimate of drug-likeness (QED) is 0.797. The molecule has 0 aliphatic carbocycles. The van der Waals surface area contributed by atoms with Gasteiger partial charge in [-0.1, -0.05) is 0 Å². The lowest BCUT2D eigenvalue weighted by atomic mass is 10.0. The zero-order valence-electron chi connectivity index (χ0n) is 8.65. The molecule has 1 rings (SSSR count). The van der Waals surface area contributed by atoms with Gasteiger partial charge in [-0.2, -0.15) is 10.5 Å². The van der Waals surface area contributed by atoms with E-state index in [0.717, 1.165) is 0 Å². The molecule has 0 bridgehead atoms. The van der Waals surface area contributed by atoms with E-state index in [1.165, 1.54) is 12.1 Å². The number of nitrogens with zero attached hydrogens (tertiary/aromatic N) is 2. The molecule has 0 fully saturated rings. The minimum atomic E-state index is -0.613. The van der Waals surface area contributed by atoms with Gasteiger partial charge in [0.05, 0.1) is 23.3 Å². The fraction of sp³-hybridized carbons (Fsp3) is 0.182. The van der Waals surface area contributed by atoms with E-state index in [2.05, 4.69) is 0 Å². The molecule has 0 atom stereocenters. The number of nitriles is 2. The third-order valence-corrected chi connectivity index (χ3v) is 2.00. The maximum atomic E-state index is 10.5. The first-order chi connectivity index (χ1) is 7.58. The largest absolute Gasteiger partial charge is 0.484 e. The maximum Gasteiger partial charge on any atom is 0.255 e. The smallest absolute Gasteiger partial charge is 0.255 e. The Balaban J connectivity index is 3.10. The fourth-order valence-electron chi connectivity index (χ4n) is 1.16. The summed E-state index contributed by atoms with van der Waals surface area (Å²) in [5, 5.41) is 17.7. The molecule has 16 heavy (non-hydrogen) atoms. The number of rotatable bonds is 3. The number of carbonyl (C=O) groups is 1. The average molecular weight is 215 g/mol. The molecule has 0 saturated heterocycles. The average Bonchev–Trinajstić information content (AvgIpc) is 2.27. The zero-order valence-corrected chi connectivity index (χ0v) is 8.65. The highest BCUT2D eigenvalue weighted by Crippen LogP contribution is 2.21. The van der Waals surface area contributed by atoms with Crippen molar-refractivity contribution in [1.29, 1.82) is 10.5 Å². The van der Waals surface area contributed by atoms with Crippen molar-refractivity contribution in [2.24, 2.45) is 5.73 Å². The van der Waals surface area contributed by atoms with E-state index < -0.39 is 5.91 Å². The van der Waals surface area contributed by atoms with Gasteiger partial charge in [0, 0.05) is 0 Å². The Morgan fingerprint density at radius 2 is 1.88 bits per heavy atom.